The van der Waals surface area contributed by atoms with Gasteiger partial charge in [0.25, 0.3) is 0 Å². The molecule has 20 heavy (non-hydrogen) atoms. The lowest BCUT2D eigenvalue weighted by Crippen LogP contribution is -2.45. The SMILES string of the molecule is Cc1cccc(C(N2CCCCC2)N2CCCCC2)c1. The lowest BCUT2D eigenvalue weighted by atomic mass is 10.0. The summed E-state index contributed by atoms with van der Waals surface area (Å²) in [6.45, 7) is 7.31. The summed E-state index contributed by atoms with van der Waals surface area (Å²) in [6.07, 6.45) is 8.84. The molecule has 0 N–H and O–H groups in total. The maximum Gasteiger partial charge on any atom is 0.0886 e. The van der Waals surface area contributed by atoms with Crippen LogP contribution in [0, 0.1) is 6.92 Å². The first-order chi connectivity index (χ1) is 9.84. The Morgan fingerprint density at radius 2 is 1.35 bits per heavy atom. The second-order valence-electron chi connectivity index (χ2n) is 6.48. The number of hydrogen-bond donors (Lipinski definition) is 0. The Balaban J connectivity index is 1.85. The Kier molecular flexibility index (Phi) is 4.74. The molecule has 0 atom stereocenters. The number of hydrogen-bond acceptors (Lipinski definition) is 2. The van der Waals surface area contributed by atoms with Gasteiger partial charge in [0.15, 0.2) is 0 Å². The van der Waals surface area contributed by atoms with Crippen LogP contribution in [0.4, 0.5) is 0 Å². The van der Waals surface area contributed by atoms with Crippen LogP contribution < -0.4 is 0 Å². The molecular formula is C18H28N2. The highest BCUT2D eigenvalue weighted by Gasteiger charge is 2.28. The maximum absolute atomic E-state index is 2.73. The van der Waals surface area contributed by atoms with Crippen molar-refractivity contribution in [2.75, 3.05) is 26.2 Å². The minimum absolute atomic E-state index is 0.524. The molecule has 2 heterocycles. The van der Waals surface area contributed by atoms with Gasteiger partial charge in [0.1, 0.15) is 0 Å². The first-order valence-electron chi connectivity index (χ1n) is 8.39. The van der Waals surface area contributed by atoms with Gasteiger partial charge < -0.3 is 0 Å². The summed E-state index contributed by atoms with van der Waals surface area (Å²) < 4.78 is 0. The van der Waals surface area contributed by atoms with Gasteiger partial charge in [-0.05, 0) is 64.3 Å². The summed E-state index contributed by atoms with van der Waals surface area (Å²) in [4.78, 5) is 5.45. The lowest BCUT2D eigenvalue weighted by molar-refractivity contribution is 0.0156. The van der Waals surface area contributed by atoms with E-state index in [0.717, 1.165) is 0 Å². The molecule has 2 nitrogen and oxygen atoms in total. The number of rotatable bonds is 3. The van der Waals surface area contributed by atoms with Crippen molar-refractivity contribution in [3.8, 4) is 0 Å². The fourth-order valence-electron chi connectivity index (χ4n) is 3.81. The third-order valence-corrected chi connectivity index (χ3v) is 4.81. The predicted octanol–water partition coefficient (Wildman–Crippen LogP) is 3.97. The monoisotopic (exact) mass is 272 g/mol. The molecule has 1 aromatic rings. The standard InChI is InChI=1S/C18H28N2/c1-16-9-8-10-17(15-16)18(19-11-4-2-5-12-19)20-13-6-3-7-14-20/h8-10,15,18H,2-7,11-14H2,1H3. The molecule has 2 aliphatic rings. The van der Waals surface area contributed by atoms with Gasteiger partial charge in [-0.3, -0.25) is 9.80 Å². The van der Waals surface area contributed by atoms with E-state index in [0.29, 0.717) is 6.17 Å². The van der Waals surface area contributed by atoms with E-state index in [-0.39, 0.29) is 0 Å². The Labute approximate surface area is 123 Å². The zero-order valence-corrected chi connectivity index (χ0v) is 12.9. The smallest absolute Gasteiger partial charge is 0.0886 e. The highest BCUT2D eigenvalue weighted by molar-refractivity contribution is 5.25. The van der Waals surface area contributed by atoms with Gasteiger partial charge in [0.2, 0.25) is 0 Å². The first kappa shape index (κ1) is 14.1. The van der Waals surface area contributed by atoms with Crippen molar-refractivity contribution in [1.82, 2.24) is 9.80 Å². The summed E-state index contributed by atoms with van der Waals surface area (Å²) in [5.41, 5.74) is 2.90. The lowest BCUT2D eigenvalue weighted by Gasteiger charge is -2.43. The number of aryl methyl sites for hydroxylation is 1. The van der Waals surface area contributed by atoms with E-state index in [2.05, 4.69) is 41.0 Å². The fourth-order valence-corrected chi connectivity index (χ4v) is 3.81. The van der Waals surface area contributed by atoms with Gasteiger partial charge in [-0.15, -0.1) is 0 Å². The van der Waals surface area contributed by atoms with Crippen molar-refractivity contribution in [1.29, 1.82) is 0 Å². The molecule has 0 aliphatic carbocycles. The topological polar surface area (TPSA) is 6.48 Å². The van der Waals surface area contributed by atoms with E-state index < -0.39 is 0 Å². The van der Waals surface area contributed by atoms with E-state index in [1.54, 1.807) is 0 Å². The largest absolute Gasteiger partial charge is 0.284 e. The summed E-state index contributed by atoms with van der Waals surface area (Å²) in [6, 6.07) is 9.17. The number of benzene rings is 1. The molecule has 3 rings (SSSR count). The Morgan fingerprint density at radius 3 is 1.85 bits per heavy atom. The third kappa shape index (κ3) is 3.24. The van der Waals surface area contributed by atoms with E-state index in [4.69, 9.17) is 0 Å². The molecule has 0 unspecified atom stereocenters. The maximum atomic E-state index is 2.73. The molecule has 2 heteroatoms. The fraction of sp³-hybridized carbons (Fsp3) is 0.667. The van der Waals surface area contributed by atoms with Crippen molar-refractivity contribution >= 4 is 0 Å². The van der Waals surface area contributed by atoms with Crippen LogP contribution in [-0.4, -0.2) is 36.0 Å². The van der Waals surface area contributed by atoms with Crippen LogP contribution in [0.2, 0.25) is 0 Å². The minimum atomic E-state index is 0.524. The van der Waals surface area contributed by atoms with Gasteiger partial charge in [-0.2, -0.15) is 0 Å². The zero-order chi connectivity index (χ0) is 13.8. The van der Waals surface area contributed by atoms with Gasteiger partial charge in [0, 0.05) is 0 Å². The Hall–Kier alpha value is -0.860. The molecular weight excluding hydrogens is 244 g/mol. The number of likely N-dealkylation sites (tertiary alicyclic amines) is 2. The van der Waals surface area contributed by atoms with Gasteiger partial charge in [-0.25, -0.2) is 0 Å². The summed E-state index contributed by atoms with van der Waals surface area (Å²) in [5.74, 6) is 0. The summed E-state index contributed by atoms with van der Waals surface area (Å²) in [5, 5.41) is 0. The van der Waals surface area contributed by atoms with Crippen molar-refractivity contribution in [2.24, 2.45) is 0 Å². The molecule has 2 aliphatic heterocycles. The van der Waals surface area contributed by atoms with Crippen molar-refractivity contribution in [2.45, 2.75) is 51.6 Å². The van der Waals surface area contributed by atoms with Crippen LogP contribution in [0.25, 0.3) is 0 Å². The van der Waals surface area contributed by atoms with E-state index in [1.165, 1.54) is 75.8 Å². The molecule has 110 valence electrons. The van der Waals surface area contributed by atoms with Gasteiger partial charge in [0.05, 0.1) is 6.17 Å². The summed E-state index contributed by atoms with van der Waals surface area (Å²) >= 11 is 0. The Bertz CT molecular complexity index is 399. The van der Waals surface area contributed by atoms with E-state index in [9.17, 15) is 0 Å². The van der Waals surface area contributed by atoms with Gasteiger partial charge in [-0.1, -0.05) is 42.7 Å². The molecule has 0 aromatic heterocycles. The molecule has 2 fully saturated rings. The average molecular weight is 272 g/mol. The van der Waals surface area contributed by atoms with E-state index >= 15 is 0 Å². The first-order valence-corrected chi connectivity index (χ1v) is 8.39. The minimum Gasteiger partial charge on any atom is -0.284 e. The number of nitrogens with zero attached hydrogens (tertiary/aromatic N) is 2. The second kappa shape index (κ2) is 6.73. The molecule has 2 saturated heterocycles. The highest BCUT2D eigenvalue weighted by atomic mass is 15.4. The van der Waals surface area contributed by atoms with Gasteiger partial charge >= 0.3 is 0 Å². The molecule has 1 aromatic carbocycles. The van der Waals surface area contributed by atoms with Crippen molar-refractivity contribution < 1.29 is 0 Å². The molecule has 0 saturated carbocycles. The van der Waals surface area contributed by atoms with E-state index in [1.807, 2.05) is 0 Å². The second-order valence-corrected chi connectivity index (χ2v) is 6.48. The zero-order valence-electron chi connectivity index (χ0n) is 12.9. The van der Waals surface area contributed by atoms with Crippen LogP contribution >= 0.6 is 0 Å². The molecule has 0 bridgehead atoms. The van der Waals surface area contributed by atoms with Crippen LogP contribution in [0.3, 0.4) is 0 Å². The van der Waals surface area contributed by atoms with Crippen LogP contribution in [0.1, 0.15) is 55.8 Å². The molecule has 0 amide bonds. The molecule has 0 radical (unpaired) electrons. The molecule has 0 spiro atoms. The predicted molar refractivity (Wildman–Crippen MR) is 84.8 cm³/mol. The van der Waals surface area contributed by atoms with Crippen LogP contribution in [0.15, 0.2) is 24.3 Å². The summed E-state index contributed by atoms with van der Waals surface area (Å²) in [7, 11) is 0. The average Bonchev–Trinajstić information content (AvgIpc) is 2.50. The Morgan fingerprint density at radius 1 is 0.800 bits per heavy atom. The quantitative estimate of drug-likeness (QED) is 0.821. The van der Waals surface area contributed by atoms with Crippen molar-refractivity contribution in [3.63, 3.8) is 0 Å². The van der Waals surface area contributed by atoms with Crippen LogP contribution in [-0.2, 0) is 0 Å². The third-order valence-electron chi connectivity index (χ3n) is 4.81. The highest BCUT2D eigenvalue weighted by Crippen LogP contribution is 2.30. The number of piperidine rings is 2. The van der Waals surface area contributed by atoms with Crippen molar-refractivity contribution in [3.05, 3.63) is 35.4 Å². The van der Waals surface area contributed by atoms with Crippen LogP contribution in [0.5, 0.6) is 0 Å². The normalized spacial score (nSPS) is 22.3.